The third kappa shape index (κ3) is 1.77. The molecule has 1 N–H and O–H groups in total. The topological polar surface area (TPSA) is 65.0 Å². The highest BCUT2D eigenvalue weighted by molar-refractivity contribution is 5.96. The van der Waals surface area contributed by atoms with Gasteiger partial charge in [0.2, 0.25) is 5.75 Å². The first-order valence-corrected chi connectivity index (χ1v) is 5.26. The van der Waals surface area contributed by atoms with Gasteiger partial charge in [0, 0.05) is 6.42 Å². The van der Waals surface area contributed by atoms with Crippen LogP contribution in [-0.4, -0.2) is 31.4 Å². The first kappa shape index (κ1) is 11.6. The Bertz CT molecular complexity index is 466. The molecule has 1 aliphatic heterocycles. The van der Waals surface area contributed by atoms with E-state index in [9.17, 15) is 9.90 Å². The predicted molar refractivity (Wildman–Crippen MR) is 59.8 cm³/mol. The highest BCUT2D eigenvalue weighted by Crippen LogP contribution is 2.43. The van der Waals surface area contributed by atoms with Crippen molar-refractivity contribution in [1.82, 2.24) is 0 Å². The summed E-state index contributed by atoms with van der Waals surface area (Å²) in [4.78, 5) is 11.7. The van der Waals surface area contributed by atoms with E-state index in [4.69, 9.17) is 14.2 Å². The van der Waals surface area contributed by atoms with Gasteiger partial charge in [-0.2, -0.15) is 0 Å². The molecule has 0 spiro atoms. The smallest absolute Gasteiger partial charge is 0.342 e. The van der Waals surface area contributed by atoms with Gasteiger partial charge in [0.05, 0.1) is 14.2 Å². The van der Waals surface area contributed by atoms with Gasteiger partial charge in [-0.3, -0.25) is 0 Å². The Morgan fingerprint density at radius 1 is 1.41 bits per heavy atom. The molecule has 1 aromatic rings. The largest absolute Gasteiger partial charge is 0.504 e. The van der Waals surface area contributed by atoms with Gasteiger partial charge in [-0.25, -0.2) is 4.79 Å². The number of hydrogen-bond acceptors (Lipinski definition) is 5. The average Bonchev–Trinajstić information content (AvgIpc) is 2.27. The number of aromatic hydroxyl groups is 1. The number of carbonyl (C=O) groups is 1. The van der Waals surface area contributed by atoms with Crippen molar-refractivity contribution < 1.29 is 24.1 Å². The SMILES string of the molecule is COc1cc2c(c(O)c1OC)C(=O)O[C@H](C)C2. The summed E-state index contributed by atoms with van der Waals surface area (Å²) in [6.07, 6.45) is 0.349. The van der Waals surface area contributed by atoms with E-state index in [0.717, 1.165) is 0 Å². The van der Waals surface area contributed by atoms with Crippen LogP contribution in [0.1, 0.15) is 22.8 Å². The molecular formula is C12H14O5. The summed E-state index contributed by atoms with van der Waals surface area (Å²) in [5.74, 6) is -0.195. The van der Waals surface area contributed by atoms with Gasteiger partial charge >= 0.3 is 5.97 Å². The molecular weight excluding hydrogens is 224 g/mol. The molecule has 1 heterocycles. The van der Waals surface area contributed by atoms with Gasteiger partial charge in [-0.1, -0.05) is 0 Å². The van der Waals surface area contributed by atoms with Crippen LogP contribution in [0, 0.1) is 0 Å². The molecule has 0 fully saturated rings. The Labute approximate surface area is 98.9 Å². The number of methoxy groups -OCH3 is 2. The van der Waals surface area contributed by atoms with Gasteiger partial charge < -0.3 is 19.3 Å². The summed E-state index contributed by atoms with van der Waals surface area (Å²) >= 11 is 0. The molecule has 2 rings (SSSR count). The second kappa shape index (κ2) is 4.16. The van der Waals surface area contributed by atoms with Crippen molar-refractivity contribution in [2.45, 2.75) is 19.4 Å². The first-order chi connectivity index (χ1) is 8.08. The van der Waals surface area contributed by atoms with Crippen molar-refractivity contribution >= 4 is 5.97 Å². The highest BCUT2D eigenvalue weighted by Gasteiger charge is 2.30. The number of ether oxygens (including phenoxy) is 3. The lowest BCUT2D eigenvalue weighted by molar-refractivity contribution is 0.0296. The van der Waals surface area contributed by atoms with Crippen LogP contribution in [0.15, 0.2) is 6.07 Å². The molecule has 0 unspecified atom stereocenters. The van der Waals surface area contributed by atoms with Crippen molar-refractivity contribution in [3.8, 4) is 17.2 Å². The molecule has 0 radical (unpaired) electrons. The molecule has 1 aliphatic rings. The van der Waals surface area contributed by atoms with Crippen LogP contribution < -0.4 is 9.47 Å². The fourth-order valence-corrected chi connectivity index (χ4v) is 2.01. The quantitative estimate of drug-likeness (QED) is 0.791. The van der Waals surface area contributed by atoms with E-state index < -0.39 is 5.97 Å². The highest BCUT2D eigenvalue weighted by atomic mass is 16.5. The van der Waals surface area contributed by atoms with Crippen molar-refractivity contribution in [3.63, 3.8) is 0 Å². The summed E-state index contributed by atoms with van der Waals surface area (Å²) in [6, 6.07) is 1.70. The van der Waals surface area contributed by atoms with Crippen molar-refractivity contribution in [2.24, 2.45) is 0 Å². The standard InChI is InChI=1S/C12H14O5/c1-6-4-7-5-8(15-2)11(16-3)10(13)9(7)12(14)17-6/h5-6,13H,4H2,1-3H3/t6-/m1/s1. The van der Waals surface area contributed by atoms with E-state index in [0.29, 0.717) is 17.7 Å². The molecule has 0 bridgehead atoms. The normalized spacial score (nSPS) is 18.3. The molecule has 5 heteroatoms. The maximum Gasteiger partial charge on any atom is 0.342 e. The monoisotopic (exact) mass is 238 g/mol. The maximum absolute atomic E-state index is 11.7. The van der Waals surface area contributed by atoms with Gasteiger partial charge in [0.25, 0.3) is 0 Å². The van der Waals surface area contributed by atoms with Crippen LogP contribution in [-0.2, 0) is 11.2 Å². The van der Waals surface area contributed by atoms with Gasteiger partial charge in [-0.15, -0.1) is 0 Å². The Balaban J connectivity index is 2.64. The maximum atomic E-state index is 11.7. The van der Waals surface area contributed by atoms with Crippen LogP contribution in [0.25, 0.3) is 0 Å². The zero-order valence-corrected chi connectivity index (χ0v) is 9.94. The lowest BCUT2D eigenvalue weighted by atomic mass is 9.97. The van der Waals surface area contributed by atoms with E-state index in [1.807, 2.05) is 0 Å². The molecule has 17 heavy (non-hydrogen) atoms. The van der Waals surface area contributed by atoms with Crippen molar-refractivity contribution in [3.05, 3.63) is 17.2 Å². The van der Waals surface area contributed by atoms with Crippen LogP contribution in [0.3, 0.4) is 0 Å². The minimum atomic E-state index is -0.530. The minimum absolute atomic E-state index is 0.151. The average molecular weight is 238 g/mol. The van der Waals surface area contributed by atoms with E-state index in [1.54, 1.807) is 13.0 Å². The number of benzene rings is 1. The summed E-state index contributed by atoms with van der Waals surface area (Å²) in [7, 11) is 2.88. The molecule has 1 atom stereocenters. The van der Waals surface area contributed by atoms with Gasteiger partial charge in [0.1, 0.15) is 11.7 Å². The van der Waals surface area contributed by atoms with E-state index in [1.165, 1.54) is 14.2 Å². The Hall–Kier alpha value is -1.91. The predicted octanol–water partition coefficient (Wildman–Crippen LogP) is 1.51. The molecule has 92 valence electrons. The number of phenolic OH excluding ortho intramolecular Hbond substituents is 1. The molecule has 0 saturated carbocycles. The van der Waals surface area contributed by atoms with Crippen LogP contribution >= 0.6 is 0 Å². The lowest BCUT2D eigenvalue weighted by Crippen LogP contribution is -2.25. The number of hydrogen-bond donors (Lipinski definition) is 1. The molecule has 0 amide bonds. The van der Waals surface area contributed by atoms with Crippen molar-refractivity contribution in [1.29, 1.82) is 0 Å². The number of cyclic esters (lactones) is 1. The summed E-state index contributed by atoms with van der Waals surface area (Å²) in [5.41, 5.74) is 0.879. The minimum Gasteiger partial charge on any atom is -0.504 e. The first-order valence-electron chi connectivity index (χ1n) is 5.26. The van der Waals surface area contributed by atoms with Crippen molar-refractivity contribution in [2.75, 3.05) is 14.2 Å². The van der Waals surface area contributed by atoms with Gasteiger partial charge in [0.15, 0.2) is 11.5 Å². The number of carbonyl (C=O) groups excluding carboxylic acids is 1. The van der Waals surface area contributed by atoms with E-state index in [-0.39, 0.29) is 23.2 Å². The second-order valence-electron chi connectivity index (χ2n) is 3.91. The molecule has 1 aromatic carbocycles. The third-order valence-electron chi connectivity index (χ3n) is 2.75. The van der Waals surface area contributed by atoms with E-state index in [2.05, 4.69) is 0 Å². The third-order valence-corrected chi connectivity index (χ3v) is 2.75. The zero-order chi connectivity index (χ0) is 12.6. The molecule has 5 nitrogen and oxygen atoms in total. The lowest BCUT2D eigenvalue weighted by Gasteiger charge is -2.24. The Morgan fingerprint density at radius 2 is 2.12 bits per heavy atom. The number of fused-ring (bicyclic) bond motifs is 1. The molecule has 0 aliphatic carbocycles. The fourth-order valence-electron chi connectivity index (χ4n) is 2.01. The Morgan fingerprint density at radius 3 is 2.71 bits per heavy atom. The number of phenols is 1. The number of rotatable bonds is 2. The van der Waals surface area contributed by atoms with Crippen LogP contribution in [0.4, 0.5) is 0 Å². The zero-order valence-electron chi connectivity index (χ0n) is 9.94. The molecule has 0 aromatic heterocycles. The summed E-state index contributed by atoms with van der Waals surface area (Å²) < 4.78 is 15.2. The Kier molecular flexibility index (Phi) is 2.83. The second-order valence-corrected chi connectivity index (χ2v) is 3.91. The van der Waals surface area contributed by atoms with Crippen LogP contribution in [0.2, 0.25) is 0 Å². The summed E-state index contributed by atoms with van der Waals surface area (Å²) in [6.45, 7) is 1.80. The van der Waals surface area contributed by atoms with Gasteiger partial charge in [-0.05, 0) is 18.6 Å². The van der Waals surface area contributed by atoms with Crippen LogP contribution in [0.5, 0.6) is 17.2 Å². The summed E-state index contributed by atoms with van der Waals surface area (Å²) in [5, 5.41) is 10.00. The fraction of sp³-hybridized carbons (Fsp3) is 0.417. The van der Waals surface area contributed by atoms with E-state index >= 15 is 0 Å². The number of esters is 1. The molecule has 0 saturated heterocycles.